The molecule has 1 aliphatic carbocycles. The van der Waals surface area contributed by atoms with E-state index in [-0.39, 0.29) is 5.52 Å². The van der Waals surface area contributed by atoms with E-state index in [2.05, 4.69) is 16.9 Å². The normalized spacial score (nSPS) is 27.9. The van der Waals surface area contributed by atoms with E-state index in [1.165, 1.54) is 6.07 Å². The summed E-state index contributed by atoms with van der Waals surface area (Å²) in [5.41, 5.74) is 6.38. The molecule has 1 fully saturated rings. The third-order valence-electron chi connectivity index (χ3n) is 4.18. The summed E-state index contributed by atoms with van der Waals surface area (Å²) in [6.07, 6.45) is 3.70. The van der Waals surface area contributed by atoms with Crippen LogP contribution in [0.15, 0.2) is 12.1 Å². The van der Waals surface area contributed by atoms with E-state index < -0.39 is 17.2 Å². The molecule has 0 atom stereocenters. The maximum atomic E-state index is 13.7. The number of aromatic nitrogens is 2. The largest absolute Gasteiger partial charge is 0.340 e. The van der Waals surface area contributed by atoms with Crippen LogP contribution >= 0.6 is 0 Å². The number of nitrogens with one attached hydrogen (secondary N) is 1. The van der Waals surface area contributed by atoms with Crippen LogP contribution in [0.2, 0.25) is 0 Å². The Labute approximate surface area is 110 Å². The quantitative estimate of drug-likeness (QED) is 0.832. The number of nitrogens with two attached hydrogens (primary N) is 1. The fraction of sp³-hybridized carbons (Fsp3) is 0.500. The summed E-state index contributed by atoms with van der Waals surface area (Å²) >= 11 is 0. The highest BCUT2D eigenvalue weighted by Crippen LogP contribution is 2.37. The van der Waals surface area contributed by atoms with E-state index in [1.807, 2.05) is 0 Å². The first-order valence-corrected chi connectivity index (χ1v) is 6.63. The molecular weight excluding hydrogens is 248 g/mol. The third-order valence-corrected chi connectivity index (χ3v) is 4.18. The lowest BCUT2D eigenvalue weighted by atomic mass is 9.77. The van der Waals surface area contributed by atoms with Gasteiger partial charge in [-0.1, -0.05) is 6.92 Å². The molecule has 5 heteroatoms. The van der Waals surface area contributed by atoms with Gasteiger partial charge in [-0.25, -0.2) is 13.8 Å². The van der Waals surface area contributed by atoms with Gasteiger partial charge in [0.1, 0.15) is 11.3 Å². The summed E-state index contributed by atoms with van der Waals surface area (Å²) in [7, 11) is 0. The van der Waals surface area contributed by atoms with Crippen LogP contribution in [0, 0.1) is 17.6 Å². The summed E-state index contributed by atoms with van der Waals surface area (Å²) in [6.45, 7) is 2.20. The summed E-state index contributed by atoms with van der Waals surface area (Å²) in [5.74, 6) is -0.559. The van der Waals surface area contributed by atoms with Gasteiger partial charge in [-0.2, -0.15) is 0 Å². The summed E-state index contributed by atoms with van der Waals surface area (Å²) in [4.78, 5) is 7.24. The van der Waals surface area contributed by atoms with Crippen molar-refractivity contribution in [3.63, 3.8) is 0 Å². The van der Waals surface area contributed by atoms with Crippen molar-refractivity contribution in [1.82, 2.24) is 9.97 Å². The lowest BCUT2D eigenvalue weighted by Gasteiger charge is -2.34. The lowest BCUT2D eigenvalue weighted by Crippen LogP contribution is -2.41. The monoisotopic (exact) mass is 265 g/mol. The maximum Gasteiger partial charge on any atom is 0.186 e. The number of imidazole rings is 1. The van der Waals surface area contributed by atoms with E-state index in [1.54, 1.807) is 0 Å². The van der Waals surface area contributed by atoms with Crippen molar-refractivity contribution >= 4 is 11.0 Å². The number of fused-ring (bicyclic) bond motifs is 1. The van der Waals surface area contributed by atoms with Gasteiger partial charge < -0.3 is 10.7 Å². The van der Waals surface area contributed by atoms with Crippen molar-refractivity contribution < 1.29 is 8.78 Å². The SMILES string of the molecule is CC1CCC(N)(c2nc3c(F)c(F)ccc3[nH]2)CC1. The van der Waals surface area contributed by atoms with Gasteiger partial charge in [0, 0.05) is 0 Å². The number of H-pyrrole nitrogens is 1. The van der Waals surface area contributed by atoms with Crippen LogP contribution in [0.4, 0.5) is 8.78 Å². The zero-order valence-corrected chi connectivity index (χ0v) is 10.8. The number of benzene rings is 1. The van der Waals surface area contributed by atoms with Crippen molar-refractivity contribution in [2.75, 3.05) is 0 Å². The van der Waals surface area contributed by atoms with E-state index in [9.17, 15) is 8.78 Å². The highest BCUT2D eigenvalue weighted by atomic mass is 19.2. The van der Waals surface area contributed by atoms with Gasteiger partial charge in [0.05, 0.1) is 11.1 Å². The topological polar surface area (TPSA) is 54.7 Å². The molecule has 1 aliphatic rings. The molecule has 0 amide bonds. The van der Waals surface area contributed by atoms with Crippen LogP contribution in [-0.4, -0.2) is 9.97 Å². The smallest absolute Gasteiger partial charge is 0.186 e. The first-order chi connectivity index (χ1) is 8.99. The Hall–Kier alpha value is -1.49. The van der Waals surface area contributed by atoms with Gasteiger partial charge in [-0.15, -0.1) is 0 Å². The molecule has 1 heterocycles. The number of hydrogen-bond acceptors (Lipinski definition) is 2. The molecule has 0 bridgehead atoms. The predicted octanol–water partition coefficient (Wildman–Crippen LogP) is 3.21. The highest BCUT2D eigenvalue weighted by Gasteiger charge is 2.35. The fourth-order valence-corrected chi connectivity index (χ4v) is 2.77. The van der Waals surface area contributed by atoms with E-state index in [0.29, 0.717) is 17.3 Å². The van der Waals surface area contributed by atoms with Crippen LogP contribution in [0.3, 0.4) is 0 Å². The van der Waals surface area contributed by atoms with E-state index >= 15 is 0 Å². The molecule has 0 radical (unpaired) electrons. The van der Waals surface area contributed by atoms with Gasteiger partial charge in [0.15, 0.2) is 11.6 Å². The second kappa shape index (κ2) is 4.27. The van der Waals surface area contributed by atoms with Crippen molar-refractivity contribution in [2.45, 2.75) is 38.1 Å². The summed E-state index contributed by atoms with van der Waals surface area (Å²) in [6, 6.07) is 2.60. The molecule has 0 unspecified atom stereocenters. The molecule has 102 valence electrons. The Balaban J connectivity index is 2.04. The van der Waals surface area contributed by atoms with Crippen LogP contribution in [0.5, 0.6) is 0 Å². The molecule has 2 aromatic rings. The molecule has 3 rings (SSSR count). The fourth-order valence-electron chi connectivity index (χ4n) is 2.77. The molecule has 0 saturated heterocycles. The van der Waals surface area contributed by atoms with Crippen molar-refractivity contribution in [2.24, 2.45) is 11.7 Å². The Morgan fingerprint density at radius 1 is 1.32 bits per heavy atom. The van der Waals surface area contributed by atoms with Gasteiger partial charge in [0.2, 0.25) is 0 Å². The van der Waals surface area contributed by atoms with Gasteiger partial charge in [-0.3, -0.25) is 0 Å². The van der Waals surface area contributed by atoms with Crippen molar-refractivity contribution in [1.29, 1.82) is 0 Å². The first-order valence-electron chi connectivity index (χ1n) is 6.63. The molecule has 19 heavy (non-hydrogen) atoms. The second-order valence-corrected chi connectivity index (χ2v) is 5.68. The third kappa shape index (κ3) is 2.02. The minimum atomic E-state index is -0.909. The number of nitrogens with zero attached hydrogens (tertiary/aromatic N) is 1. The van der Waals surface area contributed by atoms with Crippen molar-refractivity contribution in [3.05, 3.63) is 29.6 Å². The van der Waals surface area contributed by atoms with Crippen LogP contribution in [-0.2, 0) is 5.54 Å². The average molecular weight is 265 g/mol. The standard InChI is InChI=1S/C14H17F2N3/c1-8-4-6-14(17,7-5-8)13-18-10-3-2-9(15)11(16)12(10)19-13/h2-3,8H,4-7,17H2,1H3,(H,18,19). The Kier molecular flexibility index (Phi) is 2.82. The first kappa shape index (κ1) is 12.5. The van der Waals surface area contributed by atoms with Gasteiger partial charge >= 0.3 is 0 Å². The van der Waals surface area contributed by atoms with Gasteiger partial charge in [0.25, 0.3) is 0 Å². The molecule has 3 nitrogen and oxygen atoms in total. The number of rotatable bonds is 1. The molecule has 0 spiro atoms. The Morgan fingerprint density at radius 2 is 2.00 bits per heavy atom. The zero-order chi connectivity index (χ0) is 13.6. The molecule has 3 N–H and O–H groups in total. The van der Waals surface area contributed by atoms with Crippen molar-refractivity contribution in [3.8, 4) is 0 Å². The van der Waals surface area contributed by atoms with Crippen LogP contribution < -0.4 is 5.73 Å². The molecule has 1 aromatic carbocycles. The molecule has 1 aromatic heterocycles. The van der Waals surface area contributed by atoms with Crippen LogP contribution in [0.25, 0.3) is 11.0 Å². The van der Waals surface area contributed by atoms with E-state index in [4.69, 9.17) is 5.73 Å². The van der Waals surface area contributed by atoms with E-state index in [0.717, 1.165) is 31.7 Å². The number of halogens is 2. The summed E-state index contributed by atoms with van der Waals surface area (Å²) in [5, 5.41) is 0. The predicted molar refractivity (Wildman–Crippen MR) is 69.5 cm³/mol. The Bertz CT molecular complexity index is 612. The number of hydrogen-bond donors (Lipinski definition) is 2. The lowest BCUT2D eigenvalue weighted by molar-refractivity contribution is 0.238. The average Bonchev–Trinajstić information content (AvgIpc) is 2.83. The van der Waals surface area contributed by atoms with Gasteiger partial charge in [-0.05, 0) is 43.7 Å². The molecular formula is C14H17F2N3. The minimum absolute atomic E-state index is 0.0402. The number of aromatic amines is 1. The Morgan fingerprint density at radius 3 is 2.68 bits per heavy atom. The molecule has 0 aliphatic heterocycles. The summed E-state index contributed by atoms with van der Waals surface area (Å²) < 4.78 is 26.9. The van der Waals surface area contributed by atoms with Crippen LogP contribution in [0.1, 0.15) is 38.4 Å². The zero-order valence-electron chi connectivity index (χ0n) is 10.8. The minimum Gasteiger partial charge on any atom is -0.340 e. The second-order valence-electron chi connectivity index (χ2n) is 5.68. The maximum absolute atomic E-state index is 13.7. The molecule has 1 saturated carbocycles. The highest BCUT2D eigenvalue weighted by molar-refractivity contribution is 5.76.